The summed E-state index contributed by atoms with van der Waals surface area (Å²) in [5.74, 6) is 1.52. The molecular formula is C8H15OSY-. The van der Waals surface area contributed by atoms with Gasteiger partial charge in [0, 0.05) is 32.7 Å². The average Bonchev–Trinajstić information content (AvgIpc) is 1.98. The first-order valence-electron chi connectivity index (χ1n) is 3.81. The summed E-state index contributed by atoms with van der Waals surface area (Å²) < 4.78 is 0. The van der Waals surface area contributed by atoms with Gasteiger partial charge in [-0.15, -0.1) is 0 Å². The van der Waals surface area contributed by atoms with Crippen LogP contribution in [0, 0.1) is 5.92 Å². The van der Waals surface area contributed by atoms with Crippen molar-refractivity contribution in [3.8, 4) is 0 Å². The normalized spacial score (nSPS) is 11.8. The van der Waals surface area contributed by atoms with Crippen LogP contribution in [0.5, 0.6) is 0 Å². The average molecular weight is 248 g/mol. The largest absolute Gasteiger partial charge is 0.542 e. The van der Waals surface area contributed by atoms with Crippen molar-refractivity contribution < 1.29 is 37.5 Å². The van der Waals surface area contributed by atoms with Crippen LogP contribution in [0.1, 0.15) is 32.6 Å². The van der Waals surface area contributed by atoms with Crippen molar-refractivity contribution in [2.45, 2.75) is 32.6 Å². The fourth-order valence-electron chi connectivity index (χ4n) is 0.998. The summed E-state index contributed by atoms with van der Waals surface area (Å²) >= 11 is 4.19. The Kier molecular flexibility index (Phi) is 14.8. The van der Waals surface area contributed by atoms with Crippen molar-refractivity contribution in [1.82, 2.24) is 0 Å². The summed E-state index contributed by atoms with van der Waals surface area (Å²) in [6.45, 7) is 2.15. The number of hydrogen-bond donors (Lipinski definition) is 1. The molecular weight excluding hydrogens is 233 g/mol. The Balaban J connectivity index is 0. The van der Waals surface area contributed by atoms with Gasteiger partial charge in [0.1, 0.15) is 0 Å². The van der Waals surface area contributed by atoms with Crippen molar-refractivity contribution in [3.63, 3.8) is 0 Å². The van der Waals surface area contributed by atoms with E-state index < -0.39 is 0 Å². The second kappa shape index (κ2) is 11.1. The minimum absolute atomic E-state index is 0. The fourth-order valence-corrected chi connectivity index (χ4v) is 1.36. The summed E-state index contributed by atoms with van der Waals surface area (Å²) in [4.78, 5) is 9.88. The van der Waals surface area contributed by atoms with Crippen molar-refractivity contribution in [3.05, 3.63) is 0 Å². The van der Waals surface area contributed by atoms with Crippen LogP contribution < -0.4 is 0 Å². The van der Waals surface area contributed by atoms with E-state index in [-0.39, 0.29) is 32.7 Å². The van der Waals surface area contributed by atoms with E-state index in [1.165, 1.54) is 12.8 Å². The zero-order valence-corrected chi connectivity index (χ0v) is 10.8. The van der Waals surface area contributed by atoms with Crippen molar-refractivity contribution in [2.75, 3.05) is 5.75 Å². The summed E-state index contributed by atoms with van der Waals surface area (Å²) in [5.41, 5.74) is 0. The third-order valence-electron chi connectivity index (χ3n) is 1.61. The zero-order chi connectivity index (χ0) is 7.82. The van der Waals surface area contributed by atoms with Crippen LogP contribution in [-0.4, -0.2) is 12.0 Å². The molecule has 0 heterocycles. The summed E-state index contributed by atoms with van der Waals surface area (Å²) in [5, 5.41) is 0. The Morgan fingerprint density at radius 2 is 2.09 bits per heavy atom. The monoisotopic (exact) mass is 248 g/mol. The molecule has 63 valence electrons. The topological polar surface area (TPSA) is 17.1 Å². The van der Waals surface area contributed by atoms with Crippen molar-refractivity contribution in [2.24, 2.45) is 5.92 Å². The predicted octanol–water partition coefficient (Wildman–Crippen LogP) is 2.22. The van der Waals surface area contributed by atoms with E-state index >= 15 is 0 Å². The smallest absolute Gasteiger partial charge is 0 e. The molecule has 0 amide bonds. The van der Waals surface area contributed by atoms with E-state index in [0.29, 0.717) is 12.3 Å². The number of carbonyl (C=O) groups excluding carboxylic acids is 1. The molecule has 0 aromatic rings. The van der Waals surface area contributed by atoms with Crippen LogP contribution in [0.3, 0.4) is 0 Å². The SMILES string of the molecule is CCCC(CS)CC[C-]=O.[Y]. The summed E-state index contributed by atoms with van der Waals surface area (Å²) in [6, 6.07) is 0. The Morgan fingerprint density at radius 1 is 1.45 bits per heavy atom. The van der Waals surface area contributed by atoms with Crippen LogP contribution in [-0.2, 0) is 37.5 Å². The molecule has 0 fully saturated rings. The van der Waals surface area contributed by atoms with Gasteiger partial charge in [-0.25, -0.2) is 0 Å². The molecule has 0 aliphatic heterocycles. The minimum atomic E-state index is 0. The number of hydrogen-bond acceptors (Lipinski definition) is 2. The maximum atomic E-state index is 9.88. The maximum absolute atomic E-state index is 9.88. The Labute approximate surface area is 100.0 Å². The summed E-state index contributed by atoms with van der Waals surface area (Å²) in [6.07, 6.45) is 5.81. The van der Waals surface area contributed by atoms with E-state index in [1.54, 1.807) is 0 Å². The molecule has 0 rings (SSSR count). The van der Waals surface area contributed by atoms with Gasteiger partial charge in [-0.3, -0.25) is 6.29 Å². The van der Waals surface area contributed by atoms with Crippen LogP contribution in [0.15, 0.2) is 0 Å². The standard InChI is InChI=1S/C8H15OS.Y/c1-2-4-8(7-10)5-3-6-9;/h8,10H,2-5,7H2,1H3;/q-1;. The first-order chi connectivity index (χ1) is 4.85. The fraction of sp³-hybridized carbons (Fsp3) is 0.875. The van der Waals surface area contributed by atoms with Gasteiger partial charge in [0.15, 0.2) is 0 Å². The van der Waals surface area contributed by atoms with E-state index in [0.717, 1.165) is 12.2 Å². The molecule has 11 heavy (non-hydrogen) atoms. The van der Waals surface area contributed by atoms with Crippen LogP contribution >= 0.6 is 12.6 Å². The van der Waals surface area contributed by atoms with Crippen LogP contribution in [0.4, 0.5) is 0 Å². The van der Waals surface area contributed by atoms with Gasteiger partial charge in [-0.2, -0.15) is 19.0 Å². The quantitative estimate of drug-likeness (QED) is 0.563. The van der Waals surface area contributed by atoms with Gasteiger partial charge < -0.3 is 4.79 Å². The second-order valence-electron chi connectivity index (χ2n) is 2.52. The van der Waals surface area contributed by atoms with Gasteiger partial charge in [0.25, 0.3) is 0 Å². The molecule has 1 unspecified atom stereocenters. The first kappa shape index (κ1) is 14.6. The second-order valence-corrected chi connectivity index (χ2v) is 2.89. The van der Waals surface area contributed by atoms with Gasteiger partial charge >= 0.3 is 0 Å². The Hall–Kier alpha value is 1.12. The van der Waals surface area contributed by atoms with Crippen LogP contribution in [0.25, 0.3) is 0 Å². The zero-order valence-electron chi connectivity index (χ0n) is 7.05. The van der Waals surface area contributed by atoms with Crippen molar-refractivity contribution >= 4 is 18.9 Å². The molecule has 1 radical (unpaired) electrons. The molecule has 0 saturated heterocycles. The van der Waals surface area contributed by atoms with E-state index in [9.17, 15) is 4.79 Å². The predicted molar refractivity (Wildman–Crippen MR) is 47.2 cm³/mol. The van der Waals surface area contributed by atoms with Gasteiger partial charge in [-0.05, 0) is 11.7 Å². The minimum Gasteiger partial charge on any atom is -0.542 e. The molecule has 0 saturated carbocycles. The molecule has 1 atom stereocenters. The Morgan fingerprint density at radius 3 is 2.45 bits per heavy atom. The Bertz CT molecular complexity index is 88.2. The molecule has 0 aromatic heterocycles. The van der Waals surface area contributed by atoms with E-state index in [1.807, 2.05) is 6.29 Å². The molecule has 1 nitrogen and oxygen atoms in total. The molecule has 0 aromatic carbocycles. The van der Waals surface area contributed by atoms with E-state index in [4.69, 9.17) is 0 Å². The molecule has 0 bridgehead atoms. The molecule has 0 spiro atoms. The van der Waals surface area contributed by atoms with Gasteiger partial charge in [0.2, 0.25) is 0 Å². The van der Waals surface area contributed by atoms with Crippen LogP contribution in [0.2, 0.25) is 0 Å². The first-order valence-corrected chi connectivity index (χ1v) is 4.44. The number of thiol groups is 1. The molecule has 0 aliphatic carbocycles. The molecule has 3 heteroatoms. The number of rotatable bonds is 6. The van der Waals surface area contributed by atoms with Gasteiger partial charge in [0.05, 0.1) is 0 Å². The van der Waals surface area contributed by atoms with E-state index in [2.05, 4.69) is 19.6 Å². The third kappa shape index (κ3) is 9.03. The maximum Gasteiger partial charge on any atom is 0 e. The molecule has 0 aliphatic rings. The third-order valence-corrected chi connectivity index (χ3v) is 2.13. The molecule has 0 N–H and O–H groups in total. The summed E-state index contributed by atoms with van der Waals surface area (Å²) in [7, 11) is 0. The van der Waals surface area contributed by atoms with Crippen molar-refractivity contribution in [1.29, 1.82) is 0 Å². The van der Waals surface area contributed by atoms with Gasteiger partial charge in [-0.1, -0.05) is 26.2 Å².